The second kappa shape index (κ2) is 6.19. The van der Waals surface area contributed by atoms with Crippen LogP contribution in [0.3, 0.4) is 0 Å². The van der Waals surface area contributed by atoms with Crippen LogP contribution in [-0.4, -0.2) is 31.3 Å². The predicted octanol–water partition coefficient (Wildman–Crippen LogP) is 4.08. The number of fused-ring (bicyclic) bond motifs is 1. The summed E-state index contributed by atoms with van der Waals surface area (Å²) in [6, 6.07) is 3.40. The lowest BCUT2D eigenvalue weighted by Crippen LogP contribution is -2.22. The van der Waals surface area contributed by atoms with E-state index in [1.165, 1.54) is 7.11 Å². The van der Waals surface area contributed by atoms with Gasteiger partial charge in [0, 0.05) is 11.8 Å². The van der Waals surface area contributed by atoms with Crippen LogP contribution in [0.4, 0.5) is 0 Å². The molecule has 0 unspecified atom stereocenters. The van der Waals surface area contributed by atoms with Crippen LogP contribution >= 0.6 is 34.5 Å². The molecule has 23 heavy (non-hydrogen) atoms. The highest BCUT2D eigenvalue weighted by Gasteiger charge is 2.36. The molecule has 0 aliphatic carbocycles. The van der Waals surface area contributed by atoms with Gasteiger partial charge in [-0.25, -0.2) is 9.59 Å². The summed E-state index contributed by atoms with van der Waals surface area (Å²) in [7, 11) is 1.50. The van der Waals surface area contributed by atoms with Crippen molar-refractivity contribution < 1.29 is 23.8 Å². The van der Waals surface area contributed by atoms with Gasteiger partial charge in [0.05, 0.1) is 16.8 Å². The van der Waals surface area contributed by atoms with Crippen LogP contribution < -0.4 is 4.74 Å². The van der Waals surface area contributed by atoms with Gasteiger partial charge >= 0.3 is 11.9 Å². The number of ether oxygens (including phenoxy) is 3. The number of carbonyl (C=O) groups excluding carboxylic acids is 2. The van der Waals surface area contributed by atoms with E-state index in [-0.39, 0.29) is 16.0 Å². The highest BCUT2D eigenvalue weighted by Crippen LogP contribution is 2.43. The Balaban J connectivity index is 1.93. The van der Waals surface area contributed by atoms with Gasteiger partial charge in [-0.3, -0.25) is 0 Å². The lowest BCUT2D eigenvalue weighted by atomic mass is 10.2. The van der Waals surface area contributed by atoms with E-state index in [2.05, 4.69) is 0 Å². The minimum absolute atomic E-state index is 0.198. The minimum Gasteiger partial charge on any atom is -0.495 e. The molecule has 122 valence electrons. The van der Waals surface area contributed by atoms with Crippen LogP contribution in [0.2, 0.25) is 10.0 Å². The van der Waals surface area contributed by atoms with Crippen molar-refractivity contribution in [1.82, 2.24) is 0 Å². The highest BCUT2D eigenvalue weighted by atomic mass is 35.5. The van der Waals surface area contributed by atoms with Crippen molar-refractivity contribution in [3.63, 3.8) is 0 Å². The van der Waals surface area contributed by atoms with Crippen molar-refractivity contribution in [3.05, 3.63) is 27.1 Å². The van der Waals surface area contributed by atoms with Gasteiger partial charge in [-0.1, -0.05) is 23.2 Å². The van der Waals surface area contributed by atoms with E-state index >= 15 is 0 Å². The largest absolute Gasteiger partial charge is 0.495 e. The van der Waals surface area contributed by atoms with Crippen LogP contribution in [0.25, 0.3) is 10.1 Å². The predicted molar refractivity (Wildman–Crippen MR) is 87.8 cm³/mol. The number of hydrogen-bond acceptors (Lipinski definition) is 6. The summed E-state index contributed by atoms with van der Waals surface area (Å²) < 4.78 is 16.0. The van der Waals surface area contributed by atoms with Gasteiger partial charge in [-0.2, -0.15) is 0 Å². The molecule has 3 rings (SSSR count). The van der Waals surface area contributed by atoms with Crippen LogP contribution in [0.15, 0.2) is 12.1 Å². The maximum absolute atomic E-state index is 12.3. The van der Waals surface area contributed by atoms with E-state index in [4.69, 9.17) is 37.4 Å². The average molecular weight is 375 g/mol. The van der Waals surface area contributed by atoms with E-state index < -0.39 is 18.0 Å². The molecule has 1 aromatic carbocycles. The first-order chi connectivity index (χ1) is 10.9. The normalized spacial score (nSPS) is 20.6. The zero-order valence-corrected chi connectivity index (χ0v) is 14.6. The average Bonchev–Trinajstić information content (AvgIpc) is 3.00. The Kier molecular flexibility index (Phi) is 4.40. The lowest BCUT2D eigenvalue weighted by molar-refractivity contribution is -0.147. The molecule has 0 saturated carbocycles. The first kappa shape index (κ1) is 16.4. The molecule has 0 spiro atoms. The number of methoxy groups -OCH3 is 1. The molecule has 0 radical (unpaired) electrons. The zero-order chi connectivity index (χ0) is 16.7. The molecule has 0 bridgehead atoms. The Morgan fingerprint density at radius 1 is 1.35 bits per heavy atom. The first-order valence-corrected chi connectivity index (χ1v) is 8.35. The summed E-state index contributed by atoms with van der Waals surface area (Å²) >= 11 is 13.6. The zero-order valence-electron chi connectivity index (χ0n) is 12.2. The molecule has 0 amide bonds. The van der Waals surface area contributed by atoms with Crippen LogP contribution in [0.5, 0.6) is 5.75 Å². The van der Waals surface area contributed by atoms with E-state index in [1.807, 2.05) is 0 Å². The third-order valence-electron chi connectivity index (χ3n) is 3.48. The summed E-state index contributed by atoms with van der Waals surface area (Å²) in [5, 5.41) is 1.26. The molecule has 2 aromatic rings. The topological polar surface area (TPSA) is 61.8 Å². The molecule has 1 fully saturated rings. The highest BCUT2D eigenvalue weighted by molar-refractivity contribution is 7.22. The lowest BCUT2D eigenvalue weighted by Gasteiger charge is -2.06. The maximum Gasteiger partial charge on any atom is 0.350 e. The Bertz CT molecular complexity index is 801. The fourth-order valence-corrected chi connectivity index (χ4v) is 4.14. The smallest absolute Gasteiger partial charge is 0.350 e. The summed E-state index contributed by atoms with van der Waals surface area (Å²) in [6.45, 7) is 1.74. The summed E-state index contributed by atoms with van der Waals surface area (Å²) in [6.07, 6.45) is -0.831. The maximum atomic E-state index is 12.3. The van der Waals surface area contributed by atoms with Gasteiger partial charge in [0.2, 0.25) is 6.10 Å². The number of benzene rings is 1. The van der Waals surface area contributed by atoms with Crippen molar-refractivity contribution in [2.24, 2.45) is 0 Å². The van der Waals surface area contributed by atoms with E-state index in [0.29, 0.717) is 27.3 Å². The van der Waals surface area contributed by atoms with Crippen molar-refractivity contribution in [2.45, 2.75) is 25.6 Å². The van der Waals surface area contributed by atoms with Crippen molar-refractivity contribution in [3.8, 4) is 5.75 Å². The van der Waals surface area contributed by atoms with E-state index in [0.717, 1.165) is 11.3 Å². The van der Waals surface area contributed by atoms with E-state index in [9.17, 15) is 9.59 Å². The number of halogens is 2. The van der Waals surface area contributed by atoms with Gasteiger partial charge < -0.3 is 14.2 Å². The molecule has 2 atom stereocenters. The number of hydrogen-bond donors (Lipinski definition) is 0. The number of carbonyl (C=O) groups is 2. The van der Waals surface area contributed by atoms with Crippen molar-refractivity contribution in [1.29, 1.82) is 0 Å². The number of esters is 2. The molecular weight excluding hydrogens is 363 g/mol. The third-order valence-corrected chi connectivity index (χ3v) is 5.68. The molecule has 1 saturated heterocycles. The Labute approximate surface area is 146 Å². The molecule has 2 heterocycles. The Hall–Kier alpha value is -1.50. The van der Waals surface area contributed by atoms with Crippen molar-refractivity contribution in [2.75, 3.05) is 7.11 Å². The van der Waals surface area contributed by atoms with Crippen LogP contribution in [0.1, 0.15) is 23.0 Å². The van der Waals surface area contributed by atoms with Gasteiger partial charge in [0.25, 0.3) is 0 Å². The Morgan fingerprint density at radius 3 is 2.70 bits per heavy atom. The standard InChI is InChI=1S/C15H12Cl2O5S/c1-6-5-9(14(18)21-6)22-15(19)13-10(16)7-3-4-8(20-2)11(17)12(7)23-13/h3-4,6,9H,5H2,1-2H3/t6-,9-/m0/s1. The van der Waals surface area contributed by atoms with Gasteiger partial charge in [0.1, 0.15) is 21.8 Å². The van der Waals surface area contributed by atoms with Gasteiger partial charge in [-0.15, -0.1) is 11.3 Å². The number of rotatable bonds is 3. The SMILES string of the molecule is COc1ccc2c(Cl)c(C(=O)O[C@H]3C[C@H](C)OC3=O)sc2c1Cl. The number of cyclic esters (lactones) is 1. The fourth-order valence-electron chi connectivity index (χ4n) is 2.37. The molecule has 8 heteroatoms. The van der Waals surface area contributed by atoms with Crippen molar-refractivity contribution >= 4 is 56.6 Å². The van der Waals surface area contributed by atoms with Crippen LogP contribution in [0, 0.1) is 0 Å². The third kappa shape index (κ3) is 2.86. The monoisotopic (exact) mass is 374 g/mol. The van der Waals surface area contributed by atoms with Crippen LogP contribution in [-0.2, 0) is 14.3 Å². The van der Waals surface area contributed by atoms with Gasteiger partial charge in [0.15, 0.2) is 0 Å². The molecule has 1 aromatic heterocycles. The minimum atomic E-state index is -0.899. The molecule has 0 N–H and O–H groups in total. The summed E-state index contributed by atoms with van der Waals surface area (Å²) in [5.41, 5.74) is 0. The summed E-state index contributed by atoms with van der Waals surface area (Å²) in [5.74, 6) is -0.713. The Morgan fingerprint density at radius 2 is 2.09 bits per heavy atom. The van der Waals surface area contributed by atoms with E-state index in [1.54, 1.807) is 19.1 Å². The molecule has 1 aliphatic rings. The molecular formula is C15H12Cl2O5S. The molecule has 5 nitrogen and oxygen atoms in total. The first-order valence-electron chi connectivity index (χ1n) is 6.78. The molecule has 1 aliphatic heterocycles. The summed E-state index contributed by atoms with van der Waals surface area (Å²) in [4.78, 5) is 24.1. The fraction of sp³-hybridized carbons (Fsp3) is 0.333. The second-order valence-electron chi connectivity index (χ2n) is 5.08. The second-order valence-corrected chi connectivity index (χ2v) is 6.86. The quantitative estimate of drug-likeness (QED) is 0.757. The number of thiophene rings is 1. The van der Waals surface area contributed by atoms with Gasteiger partial charge in [-0.05, 0) is 19.1 Å².